The number of amides is 3. The number of rotatable bonds is 6. The fourth-order valence-electron chi connectivity index (χ4n) is 8.06. The molecule has 52 heavy (non-hydrogen) atoms. The number of ether oxygens (including phenoxy) is 2. The van der Waals surface area contributed by atoms with Crippen molar-refractivity contribution in [3.8, 4) is 0 Å². The lowest BCUT2D eigenvalue weighted by molar-refractivity contribution is -0.160. The Hall–Kier alpha value is -4.29. The highest BCUT2D eigenvalue weighted by Crippen LogP contribution is 2.59. The summed E-state index contributed by atoms with van der Waals surface area (Å²) in [5.74, 6) is -4.18. The minimum atomic E-state index is -1.58. The first kappa shape index (κ1) is 36.1. The number of carbonyl (C=O) groups is 4. The molecule has 3 amide bonds. The van der Waals surface area contributed by atoms with Crippen LogP contribution in [0.25, 0.3) is 0 Å². The number of nitrogens with one attached hydrogen (secondary N) is 1. The van der Waals surface area contributed by atoms with E-state index in [1.54, 1.807) is 24.3 Å². The number of para-hydroxylation sites is 1. The molecular weight excluding hydrogens is 750 g/mol. The Labute approximate surface area is 315 Å². The second-order valence-corrected chi connectivity index (χ2v) is 14.9. The van der Waals surface area contributed by atoms with Gasteiger partial charge < -0.3 is 29.7 Å². The van der Waals surface area contributed by atoms with Gasteiger partial charge in [0.1, 0.15) is 29.8 Å². The first-order valence-electron chi connectivity index (χ1n) is 17.4. The van der Waals surface area contributed by atoms with Crippen LogP contribution in [0.3, 0.4) is 0 Å². The molecule has 4 heterocycles. The molecule has 0 saturated carbocycles. The number of nitrogens with zero attached hydrogens (tertiary/aromatic N) is 2. The van der Waals surface area contributed by atoms with Crippen LogP contribution in [0.1, 0.15) is 35.6 Å². The fourth-order valence-corrected chi connectivity index (χ4v) is 9.12. The second-order valence-electron chi connectivity index (χ2n) is 13.6. The summed E-state index contributed by atoms with van der Waals surface area (Å²) in [5.41, 5.74) is 1.14. The van der Waals surface area contributed by atoms with E-state index in [-0.39, 0.29) is 31.8 Å². The average Bonchev–Trinajstić information content (AvgIpc) is 3.74. The summed E-state index contributed by atoms with van der Waals surface area (Å²) in [5, 5.41) is 14.2. The SMILES string of the molecule is Cc1cccc(Cl)c1N1C/C=C\CCC(=O)NC[C@H](c2ccccc2)OC(=O)[C@H]2[C@@H]3O[C@@]4(C=C3Br)[C@@H]2C(=O)N([C@@H](CO)Cc2ccccc2)[C@@H]4C1=O. The Morgan fingerprint density at radius 3 is 2.42 bits per heavy atom. The van der Waals surface area contributed by atoms with E-state index in [9.17, 15) is 14.7 Å². The van der Waals surface area contributed by atoms with Gasteiger partial charge in [-0.05, 0) is 48.6 Å². The molecule has 2 N–H and O–H groups in total. The Kier molecular flexibility index (Phi) is 10.4. The minimum Gasteiger partial charge on any atom is -0.455 e. The first-order chi connectivity index (χ1) is 25.1. The predicted molar refractivity (Wildman–Crippen MR) is 198 cm³/mol. The molecular formula is C40H39BrClN3O7. The molecule has 2 saturated heterocycles. The molecule has 10 nitrogen and oxygen atoms in total. The van der Waals surface area contributed by atoms with E-state index in [0.717, 1.165) is 11.1 Å². The van der Waals surface area contributed by atoms with Crippen molar-refractivity contribution in [2.45, 2.75) is 56.1 Å². The second kappa shape index (κ2) is 15.0. The number of aliphatic hydroxyl groups is 1. The molecule has 3 aromatic carbocycles. The molecule has 4 aliphatic heterocycles. The number of esters is 1. The van der Waals surface area contributed by atoms with Gasteiger partial charge in [0.2, 0.25) is 11.8 Å². The molecule has 1 spiro atoms. The minimum absolute atomic E-state index is 0.0216. The van der Waals surface area contributed by atoms with Crippen molar-refractivity contribution >= 4 is 56.9 Å². The Balaban J connectivity index is 1.38. The molecule has 2 fully saturated rings. The number of allylic oxidation sites excluding steroid dienone is 1. The number of aryl methyl sites for hydroxylation is 1. The maximum atomic E-state index is 15.4. The summed E-state index contributed by atoms with van der Waals surface area (Å²) in [4.78, 5) is 60.7. The summed E-state index contributed by atoms with van der Waals surface area (Å²) in [7, 11) is 0. The molecule has 4 aliphatic rings. The van der Waals surface area contributed by atoms with Crippen LogP contribution in [0.2, 0.25) is 5.02 Å². The van der Waals surface area contributed by atoms with Crippen LogP contribution in [-0.4, -0.2) is 77.2 Å². The van der Waals surface area contributed by atoms with E-state index >= 15 is 9.59 Å². The number of anilines is 1. The molecule has 0 aliphatic carbocycles. The van der Waals surface area contributed by atoms with E-state index in [0.29, 0.717) is 27.2 Å². The van der Waals surface area contributed by atoms with Gasteiger partial charge in [-0.2, -0.15) is 0 Å². The molecule has 7 rings (SSSR count). The van der Waals surface area contributed by atoms with Crippen molar-refractivity contribution in [3.63, 3.8) is 0 Å². The third kappa shape index (κ3) is 6.48. The zero-order valence-electron chi connectivity index (χ0n) is 28.5. The van der Waals surface area contributed by atoms with Crippen LogP contribution in [0.5, 0.6) is 0 Å². The Bertz CT molecular complexity index is 1900. The lowest BCUT2D eigenvalue weighted by atomic mass is 9.74. The highest BCUT2D eigenvalue weighted by Gasteiger charge is 2.75. The molecule has 0 radical (unpaired) electrons. The largest absolute Gasteiger partial charge is 0.455 e. The van der Waals surface area contributed by atoms with Crippen LogP contribution in [0.15, 0.2) is 102 Å². The summed E-state index contributed by atoms with van der Waals surface area (Å²) in [6.45, 7) is 1.49. The van der Waals surface area contributed by atoms with Crippen LogP contribution < -0.4 is 10.2 Å². The van der Waals surface area contributed by atoms with E-state index < -0.39 is 66.1 Å². The van der Waals surface area contributed by atoms with Gasteiger partial charge in [-0.3, -0.25) is 19.2 Å². The number of likely N-dealkylation sites (tertiary alicyclic amines) is 1. The van der Waals surface area contributed by atoms with Gasteiger partial charge in [-0.1, -0.05) is 112 Å². The zero-order chi connectivity index (χ0) is 36.6. The third-order valence-electron chi connectivity index (χ3n) is 10.4. The van der Waals surface area contributed by atoms with Gasteiger partial charge in [0.15, 0.2) is 0 Å². The maximum Gasteiger partial charge on any atom is 0.313 e. The van der Waals surface area contributed by atoms with Gasteiger partial charge >= 0.3 is 5.97 Å². The zero-order valence-corrected chi connectivity index (χ0v) is 30.8. The van der Waals surface area contributed by atoms with Crippen molar-refractivity contribution in [1.82, 2.24) is 10.2 Å². The molecule has 0 aromatic heterocycles. The molecule has 270 valence electrons. The molecule has 7 atom stereocenters. The number of hydrogen-bond acceptors (Lipinski definition) is 7. The van der Waals surface area contributed by atoms with Crippen molar-refractivity contribution in [2.24, 2.45) is 11.8 Å². The van der Waals surface area contributed by atoms with E-state index in [1.807, 2.05) is 79.7 Å². The number of hydrogen-bond donors (Lipinski definition) is 2. The monoisotopic (exact) mass is 787 g/mol. The van der Waals surface area contributed by atoms with Crippen molar-refractivity contribution in [2.75, 3.05) is 24.6 Å². The lowest BCUT2D eigenvalue weighted by Crippen LogP contribution is -2.59. The Morgan fingerprint density at radius 1 is 0.981 bits per heavy atom. The lowest BCUT2D eigenvalue weighted by Gasteiger charge is -2.39. The number of cyclic esters (lactones) is 1. The highest BCUT2D eigenvalue weighted by molar-refractivity contribution is 9.11. The maximum absolute atomic E-state index is 15.4. The van der Waals surface area contributed by atoms with E-state index in [4.69, 9.17) is 21.1 Å². The van der Waals surface area contributed by atoms with Crippen LogP contribution in [0, 0.1) is 18.8 Å². The quantitative estimate of drug-likeness (QED) is 0.260. The van der Waals surface area contributed by atoms with Crippen LogP contribution >= 0.6 is 27.5 Å². The highest BCUT2D eigenvalue weighted by atomic mass is 79.9. The molecule has 0 unspecified atom stereocenters. The van der Waals surface area contributed by atoms with Crippen molar-refractivity contribution in [3.05, 3.63) is 123 Å². The number of aliphatic hydroxyl groups excluding tert-OH is 1. The van der Waals surface area contributed by atoms with Crippen molar-refractivity contribution in [1.29, 1.82) is 0 Å². The molecule has 3 aromatic rings. The predicted octanol–water partition coefficient (Wildman–Crippen LogP) is 5.21. The summed E-state index contributed by atoms with van der Waals surface area (Å²) in [6, 6.07) is 21.7. The summed E-state index contributed by atoms with van der Waals surface area (Å²) >= 11 is 10.4. The number of carbonyl (C=O) groups excluding carboxylic acids is 4. The summed E-state index contributed by atoms with van der Waals surface area (Å²) in [6.07, 6.45) is 4.42. The van der Waals surface area contributed by atoms with Crippen LogP contribution in [-0.2, 0) is 35.1 Å². The number of halogens is 2. The van der Waals surface area contributed by atoms with Crippen molar-refractivity contribution < 1.29 is 33.8 Å². The van der Waals surface area contributed by atoms with Gasteiger partial charge in [0.25, 0.3) is 5.91 Å². The first-order valence-corrected chi connectivity index (χ1v) is 18.6. The fraction of sp³-hybridized carbons (Fsp3) is 0.350. The Morgan fingerprint density at radius 2 is 1.71 bits per heavy atom. The van der Waals surface area contributed by atoms with E-state index in [2.05, 4.69) is 21.2 Å². The number of benzene rings is 3. The third-order valence-corrected chi connectivity index (χ3v) is 11.4. The van der Waals surface area contributed by atoms with Gasteiger partial charge in [0, 0.05) is 17.4 Å². The standard InChI is InChI=1S/C40H39BrClN3O7/c1-24-12-11-17-29(42)34(24)44-19-10-4-9-18-31(47)43-22-30(26-15-7-3-8-16-26)51-39(50)32-33-37(48)45(27(23-46)20-25-13-5-2-6-14-25)36(38(44)49)40(33)21-28(41)35(32)52-40/h2-8,10-17,21,27,30,32-33,35-36,46H,9,18-20,22-23H2,1H3,(H,43,47)/b10-4-/t27-,30-,32-,33+,35-,36-,40+/m1/s1. The molecule has 12 heteroatoms. The average molecular weight is 789 g/mol. The van der Waals surface area contributed by atoms with Crippen LogP contribution in [0.4, 0.5) is 5.69 Å². The van der Waals surface area contributed by atoms with Gasteiger partial charge in [0.05, 0.1) is 35.8 Å². The van der Waals surface area contributed by atoms with E-state index in [1.165, 1.54) is 9.80 Å². The van der Waals surface area contributed by atoms with Gasteiger partial charge in [-0.15, -0.1) is 0 Å². The number of fused-ring (bicyclic) bond motifs is 2. The topological polar surface area (TPSA) is 125 Å². The smallest absolute Gasteiger partial charge is 0.313 e. The normalized spacial score (nSPS) is 29.0. The summed E-state index contributed by atoms with van der Waals surface area (Å²) < 4.78 is 13.4. The molecule has 5 bridgehead atoms. The van der Waals surface area contributed by atoms with Gasteiger partial charge in [-0.25, -0.2) is 0 Å².